The third-order valence-corrected chi connectivity index (χ3v) is 2.52. The number of hydrogen-bond acceptors (Lipinski definition) is 4. The summed E-state index contributed by atoms with van der Waals surface area (Å²) in [7, 11) is 1.47. The Morgan fingerprint density at radius 2 is 2.12 bits per heavy atom. The van der Waals surface area contributed by atoms with Gasteiger partial charge in [-0.25, -0.2) is 5.48 Å². The third-order valence-electron chi connectivity index (χ3n) is 2.52. The van der Waals surface area contributed by atoms with Crippen molar-refractivity contribution < 1.29 is 14.7 Å². The molecule has 2 rings (SSSR count). The van der Waals surface area contributed by atoms with Crippen LogP contribution in [0.15, 0.2) is 24.3 Å². The van der Waals surface area contributed by atoms with Gasteiger partial charge >= 0.3 is 0 Å². The van der Waals surface area contributed by atoms with E-state index in [1.807, 2.05) is 6.92 Å². The Morgan fingerprint density at radius 3 is 2.76 bits per heavy atom. The summed E-state index contributed by atoms with van der Waals surface area (Å²) >= 11 is 0. The maximum absolute atomic E-state index is 11.6. The van der Waals surface area contributed by atoms with Gasteiger partial charge < -0.3 is 4.74 Å². The summed E-state index contributed by atoms with van der Waals surface area (Å²) in [6.45, 7) is 1.87. The van der Waals surface area contributed by atoms with Gasteiger partial charge in [0.1, 0.15) is 5.75 Å². The Hall–Kier alpha value is -2.14. The molecule has 5 heteroatoms. The number of carbonyl (C=O) groups is 1. The molecule has 0 aliphatic rings. The number of hydrogen-bond donors (Lipinski definition) is 2. The summed E-state index contributed by atoms with van der Waals surface area (Å²) < 4.78 is 5.11. The summed E-state index contributed by atoms with van der Waals surface area (Å²) in [5.41, 5.74) is 3.44. The normalized spacial score (nSPS) is 10.3. The van der Waals surface area contributed by atoms with Crippen LogP contribution in [0.1, 0.15) is 16.1 Å². The van der Waals surface area contributed by atoms with Crippen LogP contribution in [0, 0.1) is 6.92 Å². The minimum atomic E-state index is -0.613. The quantitative estimate of drug-likeness (QED) is 0.610. The molecule has 0 saturated heterocycles. The van der Waals surface area contributed by atoms with Crippen LogP contribution >= 0.6 is 0 Å². The zero-order chi connectivity index (χ0) is 12.4. The average Bonchev–Trinajstić information content (AvgIpc) is 2.36. The fourth-order valence-electron chi connectivity index (χ4n) is 1.75. The molecule has 1 aromatic carbocycles. The summed E-state index contributed by atoms with van der Waals surface area (Å²) in [5.74, 6) is -0.215. The second kappa shape index (κ2) is 4.39. The van der Waals surface area contributed by atoms with Crippen LogP contribution in [0.2, 0.25) is 0 Å². The molecule has 0 spiro atoms. The van der Waals surface area contributed by atoms with E-state index in [0.717, 1.165) is 5.69 Å². The third kappa shape index (κ3) is 1.92. The summed E-state index contributed by atoms with van der Waals surface area (Å²) in [6, 6.07) is 7.01. The number of benzene rings is 1. The second-order valence-electron chi connectivity index (χ2n) is 3.60. The largest absolute Gasteiger partial charge is 0.496 e. The van der Waals surface area contributed by atoms with Crippen molar-refractivity contribution in [3.05, 3.63) is 35.5 Å². The lowest BCUT2D eigenvalue weighted by Crippen LogP contribution is -2.20. The van der Waals surface area contributed by atoms with E-state index in [1.54, 1.807) is 29.7 Å². The van der Waals surface area contributed by atoms with Gasteiger partial charge in [-0.05, 0) is 25.1 Å². The average molecular weight is 232 g/mol. The molecule has 0 saturated carbocycles. The molecular formula is C12H12N2O3. The highest BCUT2D eigenvalue weighted by atomic mass is 16.5. The van der Waals surface area contributed by atoms with Crippen molar-refractivity contribution in [3.63, 3.8) is 0 Å². The van der Waals surface area contributed by atoms with Crippen molar-refractivity contribution in [2.75, 3.05) is 7.11 Å². The predicted octanol–water partition coefficient (Wildman–Crippen LogP) is 1.67. The van der Waals surface area contributed by atoms with Crippen molar-refractivity contribution in [2.24, 2.45) is 0 Å². The monoisotopic (exact) mass is 232 g/mol. The number of methoxy groups -OCH3 is 1. The summed E-state index contributed by atoms with van der Waals surface area (Å²) in [6.07, 6.45) is 0. The molecule has 0 unspecified atom stereocenters. The Kier molecular flexibility index (Phi) is 2.93. The topological polar surface area (TPSA) is 71.5 Å². The number of fused-ring (bicyclic) bond motifs is 1. The van der Waals surface area contributed by atoms with Gasteiger partial charge in [0.25, 0.3) is 5.91 Å². The lowest BCUT2D eigenvalue weighted by atomic mass is 10.1. The van der Waals surface area contributed by atoms with Crippen molar-refractivity contribution >= 4 is 16.8 Å². The molecule has 0 aliphatic carbocycles. The number of carbonyl (C=O) groups excluding carboxylic acids is 1. The summed E-state index contributed by atoms with van der Waals surface area (Å²) in [5, 5.41) is 9.39. The van der Waals surface area contributed by atoms with Gasteiger partial charge in [-0.1, -0.05) is 6.07 Å². The fraction of sp³-hybridized carbons (Fsp3) is 0.167. The standard InChI is InChI=1S/C12H12N2O3/c1-7-3-4-8-9(13-7)5-6-10(17-2)11(8)12(15)14-16/h3-6,16H,1-2H3,(H,14,15). The van der Waals surface area contributed by atoms with E-state index in [-0.39, 0.29) is 5.56 Å². The Labute approximate surface area is 98.0 Å². The Bertz CT molecular complexity index is 581. The van der Waals surface area contributed by atoms with Crippen molar-refractivity contribution in [3.8, 4) is 5.75 Å². The zero-order valence-electron chi connectivity index (χ0n) is 9.52. The van der Waals surface area contributed by atoms with Gasteiger partial charge in [0.05, 0.1) is 18.2 Å². The van der Waals surface area contributed by atoms with Crippen LogP contribution in [-0.2, 0) is 0 Å². The van der Waals surface area contributed by atoms with Gasteiger partial charge in [-0.3, -0.25) is 15.0 Å². The molecule has 17 heavy (non-hydrogen) atoms. The lowest BCUT2D eigenvalue weighted by Gasteiger charge is -2.10. The maximum atomic E-state index is 11.6. The van der Waals surface area contributed by atoms with E-state index in [9.17, 15) is 4.79 Å². The van der Waals surface area contributed by atoms with Gasteiger partial charge in [0.2, 0.25) is 0 Å². The first-order chi connectivity index (χ1) is 8.17. The first-order valence-electron chi connectivity index (χ1n) is 5.06. The number of aryl methyl sites for hydroxylation is 1. The van der Waals surface area contributed by atoms with Gasteiger partial charge in [0.15, 0.2) is 0 Å². The van der Waals surface area contributed by atoms with E-state index in [1.165, 1.54) is 7.11 Å². The molecule has 1 heterocycles. The second-order valence-corrected chi connectivity index (χ2v) is 3.60. The molecule has 0 aliphatic heterocycles. The van der Waals surface area contributed by atoms with E-state index >= 15 is 0 Å². The molecule has 1 amide bonds. The van der Waals surface area contributed by atoms with Crippen molar-refractivity contribution in [1.29, 1.82) is 0 Å². The lowest BCUT2D eigenvalue weighted by molar-refractivity contribution is 0.0705. The number of pyridine rings is 1. The minimum absolute atomic E-state index is 0.278. The molecule has 2 aromatic rings. The molecule has 5 nitrogen and oxygen atoms in total. The molecule has 0 atom stereocenters. The van der Waals surface area contributed by atoms with Crippen molar-refractivity contribution in [1.82, 2.24) is 10.5 Å². The van der Waals surface area contributed by atoms with Crippen LogP contribution in [0.3, 0.4) is 0 Å². The number of amides is 1. The van der Waals surface area contributed by atoms with Gasteiger partial charge in [-0.2, -0.15) is 0 Å². The highest BCUT2D eigenvalue weighted by Gasteiger charge is 2.16. The zero-order valence-corrected chi connectivity index (χ0v) is 9.52. The molecule has 0 bridgehead atoms. The number of aromatic nitrogens is 1. The Balaban J connectivity index is 2.78. The highest BCUT2D eigenvalue weighted by Crippen LogP contribution is 2.27. The number of rotatable bonds is 2. The van der Waals surface area contributed by atoms with Crippen LogP contribution in [0.25, 0.3) is 10.9 Å². The summed E-state index contributed by atoms with van der Waals surface area (Å²) in [4.78, 5) is 15.9. The van der Waals surface area contributed by atoms with Crippen LogP contribution < -0.4 is 10.2 Å². The number of ether oxygens (including phenoxy) is 1. The van der Waals surface area contributed by atoms with E-state index in [4.69, 9.17) is 9.94 Å². The first-order valence-corrected chi connectivity index (χ1v) is 5.06. The molecule has 88 valence electrons. The van der Waals surface area contributed by atoms with E-state index in [2.05, 4.69) is 4.98 Å². The van der Waals surface area contributed by atoms with Crippen LogP contribution in [0.4, 0.5) is 0 Å². The van der Waals surface area contributed by atoms with E-state index in [0.29, 0.717) is 16.7 Å². The number of nitrogens with zero attached hydrogens (tertiary/aromatic N) is 1. The smallest absolute Gasteiger partial charge is 0.279 e. The number of nitrogens with one attached hydrogen (secondary N) is 1. The maximum Gasteiger partial charge on any atom is 0.279 e. The highest BCUT2D eigenvalue weighted by molar-refractivity contribution is 6.08. The van der Waals surface area contributed by atoms with Crippen LogP contribution in [0.5, 0.6) is 5.75 Å². The molecule has 2 N–H and O–H groups in total. The predicted molar refractivity (Wildman–Crippen MR) is 62.3 cm³/mol. The van der Waals surface area contributed by atoms with Crippen molar-refractivity contribution in [2.45, 2.75) is 6.92 Å². The first kappa shape index (κ1) is 11.3. The SMILES string of the molecule is COc1ccc2nc(C)ccc2c1C(=O)NO. The minimum Gasteiger partial charge on any atom is -0.496 e. The van der Waals surface area contributed by atoms with Gasteiger partial charge in [0, 0.05) is 11.1 Å². The molecule has 0 radical (unpaired) electrons. The number of hydroxylamine groups is 1. The van der Waals surface area contributed by atoms with Crippen LogP contribution in [-0.4, -0.2) is 23.2 Å². The molecule has 0 fully saturated rings. The van der Waals surface area contributed by atoms with E-state index < -0.39 is 5.91 Å². The molecular weight excluding hydrogens is 220 g/mol. The fourth-order valence-corrected chi connectivity index (χ4v) is 1.75. The molecule has 1 aromatic heterocycles. The Morgan fingerprint density at radius 1 is 1.35 bits per heavy atom. The van der Waals surface area contributed by atoms with Gasteiger partial charge in [-0.15, -0.1) is 0 Å².